The molecule has 8 heteroatoms. The van der Waals surface area contributed by atoms with E-state index < -0.39 is 29.8 Å². The zero-order valence-corrected chi connectivity index (χ0v) is 13.3. The number of nitrogens with one attached hydrogen (secondary N) is 2. The van der Waals surface area contributed by atoms with Crippen molar-refractivity contribution in [3.63, 3.8) is 0 Å². The van der Waals surface area contributed by atoms with Crippen molar-refractivity contribution in [3.05, 3.63) is 35.9 Å². The molecule has 2 rings (SSSR count). The Hall–Kier alpha value is -2.09. The summed E-state index contributed by atoms with van der Waals surface area (Å²) in [5, 5.41) is 4.59. The molecule has 5 nitrogen and oxygen atoms in total. The standard InChI is InChI=1S/C16H20F3N3O2/c1-20-14(23)7-21-15(24)12-9-22(10-13(12)16(17,18)19)8-11-5-3-2-4-6-11/h2-6,12-13H,7-10H2,1H3,(H,20,23)(H,21,24)/t12-,13-/m1/s1. The van der Waals surface area contributed by atoms with Crippen LogP contribution in [0.3, 0.4) is 0 Å². The number of halogens is 3. The average molecular weight is 343 g/mol. The maximum absolute atomic E-state index is 13.3. The summed E-state index contributed by atoms with van der Waals surface area (Å²) in [5.41, 5.74) is 0.893. The van der Waals surface area contributed by atoms with Gasteiger partial charge >= 0.3 is 6.18 Å². The van der Waals surface area contributed by atoms with E-state index in [-0.39, 0.29) is 19.6 Å². The highest BCUT2D eigenvalue weighted by Gasteiger charge is 2.52. The maximum atomic E-state index is 13.3. The van der Waals surface area contributed by atoms with Crippen LogP contribution >= 0.6 is 0 Å². The minimum atomic E-state index is -4.46. The molecular formula is C16H20F3N3O2. The van der Waals surface area contributed by atoms with E-state index in [1.54, 1.807) is 4.90 Å². The summed E-state index contributed by atoms with van der Waals surface area (Å²) in [6.07, 6.45) is -4.46. The van der Waals surface area contributed by atoms with Gasteiger partial charge in [0.25, 0.3) is 0 Å². The maximum Gasteiger partial charge on any atom is 0.393 e. The van der Waals surface area contributed by atoms with Crippen LogP contribution in [-0.4, -0.2) is 49.6 Å². The third-order valence-corrected chi connectivity index (χ3v) is 4.10. The first-order valence-electron chi connectivity index (χ1n) is 7.62. The van der Waals surface area contributed by atoms with Crippen LogP contribution in [0.4, 0.5) is 13.2 Å². The Bertz CT molecular complexity index is 578. The van der Waals surface area contributed by atoms with Crippen molar-refractivity contribution >= 4 is 11.8 Å². The van der Waals surface area contributed by atoms with Crippen LogP contribution in [0, 0.1) is 11.8 Å². The van der Waals surface area contributed by atoms with Crippen molar-refractivity contribution < 1.29 is 22.8 Å². The Kier molecular flexibility index (Phi) is 5.82. The molecule has 2 atom stereocenters. The summed E-state index contributed by atoms with van der Waals surface area (Å²) < 4.78 is 39.8. The van der Waals surface area contributed by atoms with E-state index >= 15 is 0 Å². The predicted molar refractivity (Wildman–Crippen MR) is 81.8 cm³/mol. The van der Waals surface area contributed by atoms with Gasteiger partial charge in [-0.15, -0.1) is 0 Å². The van der Waals surface area contributed by atoms with E-state index in [2.05, 4.69) is 10.6 Å². The van der Waals surface area contributed by atoms with E-state index in [9.17, 15) is 22.8 Å². The smallest absolute Gasteiger partial charge is 0.358 e. The first-order valence-corrected chi connectivity index (χ1v) is 7.62. The van der Waals surface area contributed by atoms with Crippen LogP contribution in [0.15, 0.2) is 30.3 Å². The fraction of sp³-hybridized carbons (Fsp3) is 0.500. The molecule has 1 heterocycles. The Balaban J connectivity index is 2.04. The molecule has 0 radical (unpaired) electrons. The molecule has 1 fully saturated rings. The van der Waals surface area contributed by atoms with Gasteiger partial charge in [0.05, 0.1) is 18.4 Å². The molecule has 132 valence electrons. The van der Waals surface area contributed by atoms with Crippen LogP contribution in [0.25, 0.3) is 0 Å². The molecule has 1 aliphatic rings. The molecule has 0 bridgehead atoms. The van der Waals surface area contributed by atoms with Gasteiger partial charge in [-0.2, -0.15) is 13.2 Å². The fourth-order valence-corrected chi connectivity index (χ4v) is 2.84. The number of amides is 2. The highest BCUT2D eigenvalue weighted by atomic mass is 19.4. The second kappa shape index (κ2) is 7.65. The third kappa shape index (κ3) is 4.70. The Morgan fingerprint density at radius 2 is 1.88 bits per heavy atom. The highest BCUT2D eigenvalue weighted by Crippen LogP contribution is 2.38. The number of likely N-dealkylation sites (tertiary alicyclic amines) is 1. The van der Waals surface area contributed by atoms with Gasteiger partial charge in [-0.25, -0.2) is 0 Å². The molecule has 0 saturated carbocycles. The molecule has 0 spiro atoms. The van der Waals surface area contributed by atoms with Crippen molar-refractivity contribution in [1.82, 2.24) is 15.5 Å². The summed E-state index contributed by atoms with van der Waals surface area (Å²) in [6, 6.07) is 9.14. The summed E-state index contributed by atoms with van der Waals surface area (Å²) in [5.74, 6) is -4.13. The molecule has 0 aliphatic carbocycles. The van der Waals surface area contributed by atoms with Gasteiger partial charge in [-0.05, 0) is 5.56 Å². The monoisotopic (exact) mass is 343 g/mol. The van der Waals surface area contributed by atoms with E-state index in [4.69, 9.17) is 0 Å². The number of hydrogen-bond donors (Lipinski definition) is 2. The minimum absolute atomic E-state index is 0.0125. The summed E-state index contributed by atoms with van der Waals surface area (Å²) in [4.78, 5) is 24.9. The van der Waals surface area contributed by atoms with Gasteiger partial charge in [-0.3, -0.25) is 14.5 Å². The quantitative estimate of drug-likeness (QED) is 0.843. The largest absolute Gasteiger partial charge is 0.393 e. The number of alkyl halides is 3. The lowest BCUT2D eigenvalue weighted by Crippen LogP contribution is -2.43. The predicted octanol–water partition coefficient (Wildman–Crippen LogP) is 1.16. The number of carbonyl (C=O) groups is 2. The molecule has 1 aromatic carbocycles. The Morgan fingerprint density at radius 1 is 1.21 bits per heavy atom. The first kappa shape index (κ1) is 18.3. The molecule has 2 amide bonds. The lowest BCUT2D eigenvalue weighted by molar-refractivity contribution is -0.183. The molecule has 0 unspecified atom stereocenters. The zero-order valence-electron chi connectivity index (χ0n) is 13.3. The number of nitrogens with zero attached hydrogens (tertiary/aromatic N) is 1. The van der Waals surface area contributed by atoms with E-state index in [0.29, 0.717) is 6.54 Å². The van der Waals surface area contributed by atoms with Gasteiger partial charge in [0.15, 0.2) is 0 Å². The summed E-state index contributed by atoms with van der Waals surface area (Å²) >= 11 is 0. The van der Waals surface area contributed by atoms with Crippen LogP contribution in [0.1, 0.15) is 5.56 Å². The number of likely N-dealkylation sites (N-methyl/N-ethyl adjacent to an activating group) is 1. The number of rotatable bonds is 5. The van der Waals surface area contributed by atoms with E-state index in [1.807, 2.05) is 30.3 Å². The summed E-state index contributed by atoms with van der Waals surface area (Å²) in [6.45, 7) is -0.184. The second-order valence-electron chi connectivity index (χ2n) is 5.83. The Labute approximate surface area is 138 Å². The molecule has 2 N–H and O–H groups in total. The molecule has 1 saturated heterocycles. The van der Waals surface area contributed by atoms with Crippen molar-refractivity contribution in [2.45, 2.75) is 12.7 Å². The molecule has 24 heavy (non-hydrogen) atoms. The van der Waals surface area contributed by atoms with Gasteiger partial charge in [0.2, 0.25) is 11.8 Å². The SMILES string of the molecule is CNC(=O)CNC(=O)[C@@H]1CN(Cc2ccccc2)C[C@H]1C(F)(F)F. The summed E-state index contributed by atoms with van der Waals surface area (Å²) in [7, 11) is 1.39. The normalized spacial score (nSPS) is 21.5. The van der Waals surface area contributed by atoms with Crippen molar-refractivity contribution in [2.75, 3.05) is 26.7 Å². The van der Waals surface area contributed by atoms with Gasteiger partial charge in [-0.1, -0.05) is 30.3 Å². The molecular weight excluding hydrogens is 323 g/mol. The van der Waals surface area contributed by atoms with Crippen LogP contribution in [-0.2, 0) is 16.1 Å². The number of carbonyl (C=O) groups excluding carboxylic acids is 2. The zero-order chi connectivity index (χ0) is 17.7. The van der Waals surface area contributed by atoms with E-state index in [1.165, 1.54) is 7.05 Å². The topological polar surface area (TPSA) is 61.4 Å². The number of benzene rings is 1. The minimum Gasteiger partial charge on any atom is -0.358 e. The second-order valence-corrected chi connectivity index (χ2v) is 5.83. The highest BCUT2D eigenvalue weighted by molar-refractivity contribution is 5.86. The van der Waals surface area contributed by atoms with Crippen LogP contribution < -0.4 is 10.6 Å². The van der Waals surface area contributed by atoms with Gasteiger partial charge < -0.3 is 10.6 Å². The van der Waals surface area contributed by atoms with Crippen molar-refractivity contribution in [1.29, 1.82) is 0 Å². The first-order chi connectivity index (χ1) is 11.3. The molecule has 1 aromatic rings. The van der Waals surface area contributed by atoms with Crippen LogP contribution in [0.5, 0.6) is 0 Å². The van der Waals surface area contributed by atoms with Crippen molar-refractivity contribution in [2.24, 2.45) is 11.8 Å². The molecule has 0 aromatic heterocycles. The third-order valence-electron chi connectivity index (χ3n) is 4.10. The lowest BCUT2D eigenvalue weighted by Gasteiger charge is -2.20. The lowest BCUT2D eigenvalue weighted by atomic mass is 9.94. The molecule has 1 aliphatic heterocycles. The fourth-order valence-electron chi connectivity index (χ4n) is 2.84. The van der Waals surface area contributed by atoms with Crippen LogP contribution in [0.2, 0.25) is 0 Å². The van der Waals surface area contributed by atoms with Gasteiger partial charge in [0, 0.05) is 26.7 Å². The Morgan fingerprint density at radius 3 is 2.46 bits per heavy atom. The number of hydrogen-bond acceptors (Lipinski definition) is 3. The van der Waals surface area contributed by atoms with E-state index in [0.717, 1.165) is 5.56 Å². The van der Waals surface area contributed by atoms with Gasteiger partial charge in [0.1, 0.15) is 0 Å². The van der Waals surface area contributed by atoms with Crippen molar-refractivity contribution in [3.8, 4) is 0 Å². The average Bonchev–Trinajstić information content (AvgIpc) is 2.97.